The van der Waals surface area contributed by atoms with Crippen LogP contribution in [0.15, 0.2) is 16.8 Å². The van der Waals surface area contributed by atoms with Gasteiger partial charge in [0.2, 0.25) is 0 Å². The van der Waals surface area contributed by atoms with Crippen molar-refractivity contribution in [3.05, 3.63) is 22.4 Å². The van der Waals surface area contributed by atoms with Crippen molar-refractivity contribution < 1.29 is 0 Å². The smallest absolute Gasteiger partial charge is 0.0468 e. The Morgan fingerprint density at radius 1 is 1.33 bits per heavy atom. The van der Waals surface area contributed by atoms with Gasteiger partial charge < -0.3 is 0 Å². The van der Waals surface area contributed by atoms with E-state index in [4.69, 9.17) is 5.84 Å². The van der Waals surface area contributed by atoms with E-state index in [1.807, 2.05) is 0 Å². The summed E-state index contributed by atoms with van der Waals surface area (Å²) < 4.78 is 0. The Labute approximate surface area is 96.9 Å². The first kappa shape index (κ1) is 12.7. The SMILES string of the molecule is CCCCCCCC(NN)c1ccsc1. The second kappa shape index (κ2) is 7.85. The van der Waals surface area contributed by atoms with Crippen LogP contribution >= 0.6 is 11.3 Å². The number of thiophene rings is 1. The van der Waals surface area contributed by atoms with Crippen molar-refractivity contribution in [3.63, 3.8) is 0 Å². The van der Waals surface area contributed by atoms with Gasteiger partial charge in [-0.1, -0.05) is 39.0 Å². The minimum Gasteiger partial charge on any atom is -0.271 e. The van der Waals surface area contributed by atoms with Crippen LogP contribution < -0.4 is 11.3 Å². The molecule has 3 N–H and O–H groups in total. The number of nitrogens with two attached hydrogens (primary N) is 1. The van der Waals surface area contributed by atoms with Crippen molar-refractivity contribution in [2.45, 2.75) is 51.5 Å². The molecule has 2 nitrogen and oxygen atoms in total. The fourth-order valence-corrected chi connectivity index (χ4v) is 2.49. The third-order valence-electron chi connectivity index (χ3n) is 2.74. The molecule has 0 saturated carbocycles. The van der Waals surface area contributed by atoms with Gasteiger partial charge in [0.15, 0.2) is 0 Å². The predicted molar refractivity (Wildman–Crippen MR) is 67.8 cm³/mol. The molecule has 0 aromatic carbocycles. The average Bonchev–Trinajstić information content (AvgIpc) is 2.77. The average molecular weight is 226 g/mol. The first-order chi connectivity index (χ1) is 7.38. The number of hydrogen-bond acceptors (Lipinski definition) is 3. The van der Waals surface area contributed by atoms with Gasteiger partial charge in [0.25, 0.3) is 0 Å². The van der Waals surface area contributed by atoms with Crippen LogP contribution in [-0.2, 0) is 0 Å². The molecular weight excluding hydrogens is 204 g/mol. The molecule has 1 atom stereocenters. The fraction of sp³-hybridized carbons (Fsp3) is 0.667. The lowest BCUT2D eigenvalue weighted by Crippen LogP contribution is -2.27. The summed E-state index contributed by atoms with van der Waals surface area (Å²) in [4.78, 5) is 0. The Hall–Kier alpha value is -0.380. The zero-order chi connectivity index (χ0) is 10.9. The first-order valence-electron chi connectivity index (χ1n) is 5.86. The molecule has 15 heavy (non-hydrogen) atoms. The summed E-state index contributed by atoms with van der Waals surface area (Å²) in [5.41, 5.74) is 4.23. The summed E-state index contributed by atoms with van der Waals surface area (Å²) in [7, 11) is 0. The molecule has 1 unspecified atom stereocenters. The molecule has 0 spiro atoms. The van der Waals surface area contributed by atoms with Gasteiger partial charge in [-0.3, -0.25) is 11.3 Å². The van der Waals surface area contributed by atoms with Gasteiger partial charge in [-0.2, -0.15) is 11.3 Å². The first-order valence-corrected chi connectivity index (χ1v) is 6.81. The summed E-state index contributed by atoms with van der Waals surface area (Å²) in [6.07, 6.45) is 7.78. The Morgan fingerprint density at radius 3 is 2.73 bits per heavy atom. The summed E-state index contributed by atoms with van der Waals surface area (Å²) >= 11 is 1.74. The second-order valence-electron chi connectivity index (χ2n) is 3.98. The normalized spacial score (nSPS) is 12.9. The monoisotopic (exact) mass is 226 g/mol. The second-order valence-corrected chi connectivity index (χ2v) is 4.76. The van der Waals surface area contributed by atoms with Crippen LogP contribution in [0.25, 0.3) is 0 Å². The van der Waals surface area contributed by atoms with E-state index >= 15 is 0 Å². The summed E-state index contributed by atoms with van der Waals surface area (Å²) in [6, 6.07) is 2.50. The zero-order valence-corrected chi connectivity index (χ0v) is 10.4. The molecule has 0 bridgehead atoms. The lowest BCUT2D eigenvalue weighted by molar-refractivity contribution is 0.480. The van der Waals surface area contributed by atoms with E-state index in [1.54, 1.807) is 11.3 Å². The van der Waals surface area contributed by atoms with Crippen LogP contribution in [0.1, 0.15) is 57.1 Å². The molecule has 3 heteroatoms. The maximum atomic E-state index is 5.56. The topological polar surface area (TPSA) is 38.0 Å². The van der Waals surface area contributed by atoms with Crippen LogP contribution in [-0.4, -0.2) is 0 Å². The van der Waals surface area contributed by atoms with Crippen LogP contribution in [0.3, 0.4) is 0 Å². The maximum Gasteiger partial charge on any atom is 0.0468 e. The van der Waals surface area contributed by atoms with Gasteiger partial charge in [-0.15, -0.1) is 0 Å². The highest BCUT2D eigenvalue weighted by Crippen LogP contribution is 2.21. The predicted octanol–water partition coefficient (Wildman–Crippen LogP) is 3.61. The largest absolute Gasteiger partial charge is 0.271 e. The van der Waals surface area contributed by atoms with Gasteiger partial charge in [0, 0.05) is 6.04 Å². The molecular formula is C12H22N2S. The molecule has 0 aliphatic carbocycles. The van der Waals surface area contributed by atoms with E-state index in [1.165, 1.54) is 37.7 Å². The van der Waals surface area contributed by atoms with Crippen LogP contribution in [0.5, 0.6) is 0 Å². The molecule has 0 amide bonds. The van der Waals surface area contributed by atoms with Crippen molar-refractivity contribution >= 4 is 11.3 Å². The Morgan fingerprint density at radius 2 is 2.13 bits per heavy atom. The van der Waals surface area contributed by atoms with Crippen LogP contribution in [0, 0.1) is 0 Å². The van der Waals surface area contributed by atoms with Gasteiger partial charge in [-0.25, -0.2) is 0 Å². The molecule has 1 rings (SSSR count). The lowest BCUT2D eigenvalue weighted by Gasteiger charge is -2.14. The minimum absolute atomic E-state index is 0.345. The molecule has 0 saturated heterocycles. The van der Waals surface area contributed by atoms with E-state index in [0.29, 0.717) is 6.04 Å². The quantitative estimate of drug-likeness (QED) is 0.404. The molecule has 1 aromatic heterocycles. The van der Waals surface area contributed by atoms with Gasteiger partial charge >= 0.3 is 0 Å². The number of nitrogens with one attached hydrogen (secondary N) is 1. The third-order valence-corrected chi connectivity index (χ3v) is 3.44. The zero-order valence-electron chi connectivity index (χ0n) is 9.54. The maximum absolute atomic E-state index is 5.56. The van der Waals surface area contributed by atoms with Crippen molar-refractivity contribution in [1.29, 1.82) is 0 Å². The van der Waals surface area contributed by atoms with Crippen molar-refractivity contribution in [1.82, 2.24) is 5.43 Å². The Balaban J connectivity index is 2.18. The molecule has 0 aliphatic rings. The highest BCUT2D eigenvalue weighted by atomic mass is 32.1. The molecule has 0 aliphatic heterocycles. The van der Waals surface area contributed by atoms with Crippen LogP contribution in [0.4, 0.5) is 0 Å². The van der Waals surface area contributed by atoms with E-state index < -0.39 is 0 Å². The molecule has 1 aromatic rings. The Bertz CT molecular complexity index is 234. The van der Waals surface area contributed by atoms with E-state index in [2.05, 4.69) is 29.2 Å². The third kappa shape index (κ3) is 4.78. The fourth-order valence-electron chi connectivity index (χ4n) is 1.77. The van der Waals surface area contributed by atoms with Crippen molar-refractivity contribution in [3.8, 4) is 0 Å². The van der Waals surface area contributed by atoms with Gasteiger partial charge in [-0.05, 0) is 28.8 Å². The Kier molecular flexibility index (Phi) is 6.64. The highest BCUT2D eigenvalue weighted by molar-refractivity contribution is 7.07. The summed E-state index contributed by atoms with van der Waals surface area (Å²) in [5, 5.41) is 4.29. The molecule has 1 heterocycles. The van der Waals surface area contributed by atoms with E-state index in [9.17, 15) is 0 Å². The van der Waals surface area contributed by atoms with Crippen molar-refractivity contribution in [2.24, 2.45) is 5.84 Å². The minimum atomic E-state index is 0.345. The molecule has 0 radical (unpaired) electrons. The van der Waals surface area contributed by atoms with Gasteiger partial charge in [0.1, 0.15) is 0 Å². The number of unbranched alkanes of at least 4 members (excludes halogenated alkanes) is 4. The van der Waals surface area contributed by atoms with Crippen molar-refractivity contribution in [2.75, 3.05) is 0 Å². The van der Waals surface area contributed by atoms with E-state index in [-0.39, 0.29) is 0 Å². The standard InChI is InChI=1S/C12H22N2S/c1-2-3-4-5-6-7-12(14-13)11-8-9-15-10-11/h8-10,12,14H,2-7,13H2,1H3. The molecule has 86 valence electrons. The lowest BCUT2D eigenvalue weighted by atomic mass is 10.0. The number of hydrazine groups is 1. The highest BCUT2D eigenvalue weighted by Gasteiger charge is 2.08. The van der Waals surface area contributed by atoms with E-state index in [0.717, 1.165) is 6.42 Å². The van der Waals surface area contributed by atoms with Crippen LogP contribution in [0.2, 0.25) is 0 Å². The number of rotatable bonds is 8. The molecule has 0 fully saturated rings. The van der Waals surface area contributed by atoms with Gasteiger partial charge in [0.05, 0.1) is 0 Å². The summed E-state index contributed by atoms with van der Waals surface area (Å²) in [6.45, 7) is 2.25. The number of hydrogen-bond donors (Lipinski definition) is 2. The summed E-state index contributed by atoms with van der Waals surface area (Å²) in [5.74, 6) is 5.56.